The summed E-state index contributed by atoms with van der Waals surface area (Å²) in [5, 5.41) is 1.07. The normalized spacial score (nSPS) is 19.1. The van der Waals surface area contributed by atoms with Crippen molar-refractivity contribution in [2.75, 3.05) is 43.7 Å². The summed E-state index contributed by atoms with van der Waals surface area (Å²) in [4.78, 5) is 15.1. The third-order valence-corrected chi connectivity index (χ3v) is 5.52. The summed E-state index contributed by atoms with van der Waals surface area (Å²) in [6.07, 6.45) is 3.07. The van der Waals surface area contributed by atoms with Crippen molar-refractivity contribution < 1.29 is 9.53 Å². The molecule has 0 saturated carbocycles. The van der Waals surface area contributed by atoms with Gasteiger partial charge in [-0.3, -0.25) is 4.79 Å². The first-order chi connectivity index (χ1) is 9.08. The van der Waals surface area contributed by atoms with Crippen LogP contribution in [0, 0.1) is 5.92 Å². The fourth-order valence-electron chi connectivity index (χ4n) is 2.39. The van der Waals surface area contributed by atoms with Crippen molar-refractivity contribution in [2.45, 2.75) is 11.3 Å². The molecular formula is C12H19N3O2S2. The molecule has 4 N–H and O–H groups in total. The number of thiophene rings is 1. The number of anilines is 2. The Balaban J connectivity index is 2.25. The van der Waals surface area contributed by atoms with Gasteiger partial charge in [-0.25, -0.2) is 0 Å². The molecule has 106 valence electrons. The van der Waals surface area contributed by atoms with Crippen molar-refractivity contribution in [3.8, 4) is 0 Å². The minimum atomic E-state index is -0.448. The van der Waals surface area contributed by atoms with Crippen LogP contribution >= 0.6 is 23.1 Å². The van der Waals surface area contributed by atoms with E-state index in [2.05, 4.69) is 4.90 Å². The van der Waals surface area contributed by atoms with Crippen molar-refractivity contribution >= 4 is 39.7 Å². The summed E-state index contributed by atoms with van der Waals surface area (Å²) in [5.74, 6) is 0.0942. The molecule has 0 aromatic carbocycles. The largest absolute Gasteiger partial charge is 0.396 e. The summed E-state index contributed by atoms with van der Waals surface area (Å²) >= 11 is 2.97. The fourth-order valence-corrected chi connectivity index (χ4v) is 4.46. The van der Waals surface area contributed by atoms with E-state index in [1.165, 1.54) is 11.3 Å². The fraction of sp³-hybridized carbons (Fsp3) is 0.583. The van der Waals surface area contributed by atoms with E-state index in [1.54, 1.807) is 18.9 Å². The number of amides is 1. The van der Waals surface area contributed by atoms with Crippen LogP contribution in [0.25, 0.3) is 0 Å². The molecule has 0 bridgehead atoms. The highest BCUT2D eigenvalue weighted by Crippen LogP contribution is 2.45. The average molecular weight is 301 g/mol. The molecule has 1 fully saturated rings. The lowest BCUT2D eigenvalue weighted by Gasteiger charge is -2.18. The maximum absolute atomic E-state index is 11.4. The van der Waals surface area contributed by atoms with E-state index < -0.39 is 5.91 Å². The number of nitrogens with zero attached hydrogens (tertiary/aromatic N) is 1. The van der Waals surface area contributed by atoms with Crippen molar-refractivity contribution in [1.29, 1.82) is 0 Å². The van der Waals surface area contributed by atoms with Crippen LogP contribution in [-0.2, 0) is 4.74 Å². The van der Waals surface area contributed by atoms with Crippen molar-refractivity contribution in [3.05, 3.63) is 4.88 Å². The number of nitrogens with two attached hydrogens (primary N) is 2. The Bertz CT molecular complexity index is 476. The first-order valence-corrected chi connectivity index (χ1v) is 8.12. The number of carbonyl (C=O) groups is 1. The van der Waals surface area contributed by atoms with Gasteiger partial charge < -0.3 is 21.1 Å². The molecule has 2 rings (SSSR count). The molecule has 1 amide bonds. The number of nitrogen functional groups attached to an aromatic ring is 1. The minimum absolute atomic E-state index is 0.448. The quantitative estimate of drug-likeness (QED) is 0.808. The van der Waals surface area contributed by atoms with Crippen LogP contribution in [0.5, 0.6) is 0 Å². The summed E-state index contributed by atoms with van der Waals surface area (Å²) in [7, 11) is 1.73. The Hall–Kier alpha value is -0.920. The van der Waals surface area contributed by atoms with Gasteiger partial charge in [-0.15, -0.1) is 23.1 Å². The Morgan fingerprint density at radius 1 is 1.63 bits per heavy atom. The minimum Gasteiger partial charge on any atom is -0.396 e. The molecule has 1 aliphatic heterocycles. The van der Waals surface area contributed by atoms with Crippen LogP contribution in [0.4, 0.5) is 10.7 Å². The zero-order chi connectivity index (χ0) is 14.0. The maximum atomic E-state index is 11.4. The molecule has 1 saturated heterocycles. The van der Waals surface area contributed by atoms with Crippen LogP contribution < -0.4 is 16.4 Å². The lowest BCUT2D eigenvalue weighted by Crippen LogP contribution is -2.20. The van der Waals surface area contributed by atoms with Gasteiger partial charge >= 0.3 is 0 Å². The number of hydrogen-bond donors (Lipinski definition) is 2. The van der Waals surface area contributed by atoms with Gasteiger partial charge in [-0.05, 0) is 12.7 Å². The number of methoxy groups -OCH3 is 1. The van der Waals surface area contributed by atoms with E-state index in [9.17, 15) is 4.79 Å². The first kappa shape index (κ1) is 14.5. The highest BCUT2D eigenvalue weighted by Gasteiger charge is 2.28. The summed E-state index contributed by atoms with van der Waals surface area (Å²) < 4.78 is 5.21. The third-order valence-electron chi connectivity index (χ3n) is 3.29. The molecule has 5 nitrogen and oxygen atoms in total. The lowest BCUT2D eigenvalue weighted by atomic mass is 10.1. The lowest BCUT2D eigenvalue weighted by molar-refractivity contribution is 0.100. The summed E-state index contributed by atoms with van der Waals surface area (Å²) in [6, 6.07) is 0. The monoisotopic (exact) mass is 301 g/mol. The molecular weight excluding hydrogens is 282 g/mol. The number of carbonyl (C=O) groups excluding carboxylic acids is 1. The standard InChI is InChI=1S/C12H19N3O2S2/c1-17-6-7-3-4-15(5-7)12-10(18-2)8(13)9(19-12)11(14)16/h7H,3-6,13H2,1-2H3,(H2,14,16). The van der Waals surface area contributed by atoms with Gasteiger partial charge in [0.05, 0.1) is 17.2 Å². The van der Waals surface area contributed by atoms with E-state index >= 15 is 0 Å². The average Bonchev–Trinajstić information content (AvgIpc) is 2.93. The van der Waals surface area contributed by atoms with Crippen LogP contribution in [0.2, 0.25) is 0 Å². The van der Waals surface area contributed by atoms with Gasteiger partial charge in [0.15, 0.2) is 0 Å². The van der Waals surface area contributed by atoms with E-state index in [0.29, 0.717) is 16.5 Å². The molecule has 1 unspecified atom stereocenters. The Morgan fingerprint density at radius 3 is 2.95 bits per heavy atom. The van der Waals surface area contributed by atoms with Gasteiger partial charge in [-0.1, -0.05) is 0 Å². The van der Waals surface area contributed by atoms with Crippen LogP contribution in [0.3, 0.4) is 0 Å². The third kappa shape index (κ3) is 2.82. The summed E-state index contributed by atoms with van der Waals surface area (Å²) in [5.41, 5.74) is 11.9. The second kappa shape index (κ2) is 6.02. The molecule has 0 spiro atoms. The molecule has 2 heterocycles. The van der Waals surface area contributed by atoms with Gasteiger partial charge in [0.2, 0.25) is 0 Å². The predicted octanol–water partition coefficient (Wildman–Crippen LogP) is 1.62. The Kier molecular flexibility index (Phi) is 4.59. The number of primary amides is 1. The number of rotatable bonds is 5. The smallest absolute Gasteiger partial charge is 0.261 e. The number of thioether (sulfide) groups is 1. The van der Waals surface area contributed by atoms with Crippen molar-refractivity contribution in [3.63, 3.8) is 0 Å². The topological polar surface area (TPSA) is 81.6 Å². The molecule has 1 aliphatic rings. The predicted molar refractivity (Wildman–Crippen MR) is 81.2 cm³/mol. The molecule has 0 radical (unpaired) electrons. The molecule has 1 atom stereocenters. The van der Waals surface area contributed by atoms with Gasteiger partial charge in [-0.2, -0.15) is 0 Å². The highest BCUT2D eigenvalue weighted by atomic mass is 32.2. The van der Waals surface area contributed by atoms with E-state index in [0.717, 1.165) is 36.0 Å². The Labute approximate surface area is 121 Å². The van der Waals surface area contributed by atoms with Crippen LogP contribution in [0.1, 0.15) is 16.1 Å². The molecule has 0 aliphatic carbocycles. The zero-order valence-corrected chi connectivity index (χ0v) is 12.8. The second-order valence-corrected chi connectivity index (χ2v) is 6.42. The maximum Gasteiger partial charge on any atom is 0.261 e. The van der Waals surface area contributed by atoms with E-state index in [1.807, 2.05) is 6.26 Å². The first-order valence-electron chi connectivity index (χ1n) is 6.08. The zero-order valence-electron chi connectivity index (χ0n) is 11.1. The van der Waals surface area contributed by atoms with Crippen molar-refractivity contribution in [2.24, 2.45) is 11.7 Å². The van der Waals surface area contributed by atoms with E-state index in [-0.39, 0.29) is 0 Å². The second-order valence-electron chi connectivity index (χ2n) is 4.60. The van der Waals surface area contributed by atoms with Gasteiger partial charge in [0.1, 0.15) is 9.88 Å². The molecule has 1 aromatic heterocycles. The van der Waals surface area contributed by atoms with Crippen LogP contribution in [-0.4, -0.2) is 39.0 Å². The summed E-state index contributed by atoms with van der Waals surface area (Å²) in [6.45, 7) is 2.69. The SMILES string of the molecule is COCC1CCN(c2sc(C(N)=O)c(N)c2SC)C1. The molecule has 1 aromatic rings. The van der Waals surface area contributed by atoms with Gasteiger partial charge in [0.25, 0.3) is 5.91 Å². The van der Waals surface area contributed by atoms with Crippen molar-refractivity contribution in [1.82, 2.24) is 0 Å². The number of ether oxygens (including phenoxy) is 1. The van der Waals surface area contributed by atoms with Gasteiger partial charge in [0, 0.05) is 26.1 Å². The highest BCUT2D eigenvalue weighted by molar-refractivity contribution is 7.99. The van der Waals surface area contributed by atoms with E-state index in [4.69, 9.17) is 16.2 Å². The van der Waals surface area contributed by atoms with Crippen LogP contribution in [0.15, 0.2) is 4.90 Å². The Morgan fingerprint density at radius 2 is 2.37 bits per heavy atom. The molecule has 19 heavy (non-hydrogen) atoms. The number of hydrogen-bond acceptors (Lipinski definition) is 6. The molecule has 7 heteroatoms.